The smallest absolute Gasteiger partial charge is 0.323 e. The van der Waals surface area contributed by atoms with E-state index in [2.05, 4.69) is 25.8 Å². The number of hydrogen-bond donors (Lipinski definition) is 5. The predicted molar refractivity (Wildman–Crippen MR) is 138 cm³/mol. The van der Waals surface area contributed by atoms with Crippen molar-refractivity contribution >= 4 is 27.7 Å². The summed E-state index contributed by atoms with van der Waals surface area (Å²) in [6.07, 6.45) is 3.77. The first kappa shape index (κ1) is 28.5. The summed E-state index contributed by atoms with van der Waals surface area (Å²) in [4.78, 5) is 33.9. The van der Waals surface area contributed by atoms with Gasteiger partial charge in [0.1, 0.15) is 11.9 Å². The third-order valence-corrected chi connectivity index (χ3v) is 7.81. The molecule has 0 spiro atoms. The van der Waals surface area contributed by atoms with E-state index in [1.165, 1.54) is 0 Å². The Hall–Kier alpha value is -3.06. The molecular weight excluding hydrogens is 498 g/mol. The number of rotatable bonds is 13. The lowest BCUT2D eigenvalue weighted by Gasteiger charge is -2.18. The molecular formula is C25H35N5O6S. The average molecular weight is 534 g/mol. The number of aryl methyl sites for hydroxylation is 3. The maximum Gasteiger partial charge on any atom is 0.323 e. The second kappa shape index (κ2) is 13.0. The van der Waals surface area contributed by atoms with Crippen molar-refractivity contribution in [2.45, 2.75) is 69.5 Å². The van der Waals surface area contributed by atoms with Gasteiger partial charge in [0.25, 0.3) is 0 Å². The minimum Gasteiger partial charge on any atom is -0.480 e. The molecule has 3 unspecified atom stereocenters. The summed E-state index contributed by atoms with van der Waals surface area (Å²) in [5.41, 5.74) is 4.89. The molecule has 1 aliphatic rings. The number of amides is 1. The predicted octanol–water partition coefficient (Wildman–Crippen LogP) is 1.80. The van der Waals surface area contributed by atoms with Crippen LogP contribution in [0.2, 0.25) is 0 Å². The van der Waals surface area contributed by atoms with Gasteiger partial charge in [0.05, 0.1) is 17.4 Å². The van der Waals surface area contributed by atoms with Crippen molar-refractivity contribution in [3.8, 4) is 0 Å². The van der Waals surface area contributed by atoms with Crippen LogP contribution in [-0.4, -0.2) is 61.7 Å². The number of carboxylic acids is 1. The molecule has 1 saturated heterocycles. The Morgan fingerprint density at radius 2 is 1.95 bits per heavy atom. The molecule has 11 nitrogen and oxygen atoms in total. The van der Waals surface area contributed by atoms with E-state index in [0.717, 1.165) is 30.8 Å². The van der Waals surface area contributed by atoms with Gasteiger partial charge in [0, 0.05) is 25.3 Å². The lowest BCUT2D eigenvalue weighted by atomic mass is 10.0. The van der Waals surface area contributed by atoms with Crippen molar-refractivity contribution in [1.29, 1.82) is 0 Å². The van der Waals surface area contributed by atoms with E-state index in [1.54, 1.807) is 32.2 Å². The first-order valence-electron chi connectivity index (χ1n) is 12.2. The van der Waals surface area contributed by atoms with Crippen LogP contribution < -0.4 is 20.8 Å². The van der Waals surface area contributed by atoms with Gasteiger partial charge in [-0.3, -0.25) is 14.4 Å². The molecule has 37 heavy (non-hydrogen) atoms. The normalized spacial score (nSPS) is 18.4. The zero-order chi connectivity index (χ0) is 27.0. The quantitative estimate of drug-likeness (QED) is 0.242. The number of sulfonamides is 1. The molecule has 1 amide bonds. The molecule has 3 atom stereocenters. The molecule has 1 aromatic carbocycles. The third-order valence-electron chi connectivity index (χ3n) is 6.03. The van der Waals surface area contributed by atoms with E-state index >= 15 is 0 Å². The molecule has 202 valence electrons. The van der Waals surface area contributed by atoms with E-state index in [9.17, 15) is 23.1 Å². The fourth-order valence-corrected chi connectivity index (χ4v) is 6.09. The van der Waals surface area contributed by atoms with E-state index in [-0.39, 0.29) is 30.0 Å². The average Bonchev–Trinajstić information content (AvgIpc) is 3.26. The fraction of sp³-hybridized carbons (Fsp3) is 0.480. The summed E-state index contributed by atoms with van der Waals surface area (Å²) in [5, 5.41) is 15.3. The Labute approximate surface area is 217 Å². The standard InChI is InChI=1S/C25H35N5O6S/c1-16-11-17(2)24(18(3)12-16)37(34,35)30-21(25(32)33)15-28-23(31)14-20-13-19(29-36-20)7-6-10-27-22-8-4-5-9-26-22/h4-5,8-9,11-12,19-21,29-30H,6-7,10,13-15H2,1-3H3,(H,26,27)(H,28,31)(H,32,33). The Balaban J connectivity index is 1.43. The number of nitrogens with zero attached hydrogens (tertiary/aromatic N) is 1. The van der Waals surface area contributed by atoms with E-state index < -0.39 is 27.9 Å². The fourth-order valence-electron chi connectivity index (χ4n) is 4.45. The molecule has 3 rings (SSSR count). The highest BCUT2D eigenvalue weighted by Crippen LogP contribution is 2.22. The van der Waals surface area contributed by atoms with Crippen molar-refractivity contribution in [1.82, 2.24) is 20.5 Å². The first-order chi connectivity index (χ1) is 17.5. The van der Waals surface area contributed by atoms with Crippen LogP contribution in [0, 0.1) is 20.8 Å². The molecule has 2 aromatic rings. The lowest BCUT2D eigenvalue weighted by Crippen LogP contribution is -2.48. The molecule has 1 aliphatic heterocycles. The molecule has 0 radical (unpaired) electrons. The largest absolute Gasteiger partial charge is 0.480 e. The number of anilines is 1. The van der Waals surface area contributed by atoms with Crippen LogP contribution in [0.25, 0.3) is 0 Å². The van der Waals surface area contributed by atoms with Crippen LogP contribution in [-0.2, 0) is 24.4 Å². The number of pyridine rings is 1. The second-order valence-corrected chi connectivity index (χ2v) is 11.0. The third kappa shape index (κ3) is 8.49. The Morgan fingerprint density at radius 1 is 1.22 bits per heavy atom. The maximum atomic E-state index is 12.9. The van der Waals surface area contributed by atoms with Crippen molar-refractivity contribution in [2.75, 3.05) is 18.4 Å². The molecule has 1 aromatic heterocycles. The molecule has 12 heteroatoms. The summed E-state index contributed by atoms with van der Waals surface area (Å²) >= 11 is 0. The first-order valence-corrected chi connectivity index (χ1v) is 13.7. The summed E-state index contributed by atoms with van der Waals surface area (Å²) in [6, 6.07) is 7.69. The summed E-state index contributed by atoms with van der Waals surface area (Å²) in [6.45, 7) is 5.54. The number of carbonyl (C=O) groups is 2. The summed E-state index contributed by atoms with van der Waals surface area (Å²) < 4.78 is 28.1. The monoisotopic (exact) mass is 533 g/mol. The minimum atomic E-state index is -4.11. The number of carboxylic acid groups (broad SMARTS) is 1. The molecule has 2 heterocycles. The zero-order valence-corrected chi connectivity index (χ0v) is 22.1. The van der Waals surface area contributed by atoms with Crippen LogP contribution in [0.1, 0.15) is 42.4 Å². The molecule has 5 N–H and O–H groups in total. The van der Waals surface area contributed by atoms with Gasteiger partial charge in [-0.2, -0.15) is 10.2 Å². The van der Waals surface area contributed by atoms with Crippen molar-refractivity contribution in [3.63, 3.8) is 0 Å². The highest BCUT2D eigenvalue weighted by atomic mass is 32.2. The van der Waals surface area contributed by atoms with Gasteiger partial charge in [0.15, 0.2) is 0 Å². The number of nitrogens with one attached hydrogen (secondary N) is 4. The van der Waals surface area contributed by atoms with Crippen molar-refractivity contribution in [3.05, 3.63) is 53.2 Å². The summed E-state index contributed by atoms with van der Waals surface area (Å²) in [5.74, 6) is -0.986. The Kier molecular flexibility index (Phi) is 9.98. The molecule has 0 bridgehead atoms. The minimum absolute atomic E-state index is 0.0327. The maximum absolute atomic E-state index is 12.9. The number of aliphatic carboxylic acids is 1. The summed E-state index contributed by atoms with van der Waals surface area (Å²) in [7, 11) is -4.11. The number of hydrogen-bond acceptors (Lipinski definition) is 8. The molecule has 1 fully saturated rings. The zero-order valence-electron chi connectivity index (χ0n) is 21.3. The van der Waals surface area contributed by atoms with Gasteiger partial charge in [-0.25, -0.2) is 13.4 Å². The molecule has 0 aliphatic carbocycles. The highest BCUT2D eigenvalue weighted by molar-refractivity contribution is 7.89. The SMILES string of the molecule is Cc1cc(C)c(S(=O)(=O)NC(CNC(=O)CC2CC(CCCNc3ccccn3)NO2)C(=O)O)c(C)c1. The van der Waals surface area contributed by atoms with Gasteiger partial charge >= 0.3 is 5.97 Å². The van der Waals surface area contributed by atoms with Gasteiger partial charge in [-0.1, -0.05) is 23.8 Å². The number of aromatic nitrogens is 1. The van der Waals surface area contributed by atoms with E-state index in [0.29, 0.717) is 17.5 Å². The Bertz CT molecular complexity index is 1170. The van der Waals surface area contributed by atoms with E-state index in [1.807, 2.05) is 25.1 Å². The number of carbonyl (C=O) groups excluding carboxylic acids is 1. The van der Waals surface area contributed by atoms with Crippen molar-refractivity contribution < 1.29 is 28.0 Å². The molecule has 0 saturated carbocycles. The van der Waals surface area contributed by atoms with Crippen LogP contribution in [0.3, 0.4) is 0 Å². The van der Waals surface area contributed by atoms with Crippen LogP contribution >= 0.6 is 0 Å². The van der Waals surface area contributed by atoms with Gasteiger partial charge in [0.2, 0.25) is 15.9 Å². The highest BCUT2D eigenvalue weighted by Gasteiger charge is 2.30. The van der Waals surface area contributed by atoms with Gasteiger partial charge in [-0.15, -0.1) is 0 Å². The number of benzene rings is 1. The Morgan fingerprint density at radius 3 is 2.59 bits per heavy atom. The second-order valence-electron chi connectivity index (χ2n) is 9.32. The van der Waals surface area contributed by atoms with Gasteiger partial charge in [-0.05, 0) is 63.3 Å². The topological polar surface area (TPSA) is 159 Å². The lowest BCUT2D eigenvalue weighted by molar-refractivity contribution is -0.139. The van der Waals surface area contributed by atoms with Crippen LogP contribution in [0.5, 0.6) is 0 Å². The van der Waals surface area contributed by atoms with Crippen molar-refractivity contribution in [2.24, 2.45) is 0 Å². The van der Waals surface area contributed by atoms with Crippen LogP contribution in [0.15, 0.2) is 41.4 Å². The number of hydroxylamine groups is 1. The van der Waals surface area contributed by atoms with Crippen LogP contribution in [0.4, 0.5) is 5.82 Å². The van der Waals surface area contributed by atoms with E-state index in [4.69, 9.17) is 4.84 Å². The van der Waals surface area contributed by atoms with Gasteiger partial charge < -0.3 is 15.7 Å².